The van der Waals surface area contributed by atoms with Gasteiger partial charge in [0.05, 0.1) is 0 Å². The highest BCUT2D eigenvalue weighted by atomic mass is 14.9. The van der Waals surface area contributed by atoms with E-state index in [2.05, 4.69) is 89.3 Å². The van der Waals surface area contributed by atoms with Crippen LogP contribution in [0.25, 0.3) is 5.57 Å². The van der Waals surface area contributed by atoms with Crippen LogP contribution in [0.2, 0.25) is 0 Å². The van der Waals surface area contributed by atoms with Gasteiger partial charge in [-0.25, -0.2) is 0 Å². The lowest BCUT2D eigenvalue weighted by molar-refractivity contribution is 0.874. The molecule has 0 saturated carbocycles. The van der Waals surface area contributed by atoms with Crippen LogP contribution in [0.5, 0.6) is 0 Å². The zero-order chi connectivity index (χ0) is 18.1. The molecule has 1 atom stereocenters. The minimum absolute atomic E-state index is 0.262. The highest BCUT2D eigenvalue weighted by molar-refractivity contribution is 5.78. The van der Waals surface area contributed by atoms with Gasteiger partial charge in [0.25, 0.3) is 0 Å². The van der Waals surface area contributed by atoms with E-state index in [1.807, 2.05) is 0 Å². The smallest absolute Gasteiger partial charge is 0.0491 e. The van der Waals surface area contributed by atoms with Crippen LogP contribution in [0.4, 0.5) is 5.69 Å². The summed E-state index contributed by atoms with van der Waals surface area (Å²) in [7, 11) is 0. The number of anilines is 1. The van der Waals surface area contributed by atoms with E-state index in [1.54, 1.807) is 0 Å². The molecule has 0 spiro atoms. The number of hydrogen-bond donors (Lipinski definition) is 1. The van der Waals surface area contributed by atoms with E-state index in [1.165, 1.54) is 50.2 Å². The van der Waals surface area contributed by atoms with Crippen LogP contribution in [0.15, 0.2) is 53.6 Å². The van der Waals surface area contributed by atoms with Gasteiger partial charge in [-0.2, -0.15) is 0 Å². The summed E-state index contributed by atoms with van der Waals surface area (Å²) in [6.07, 6.45) is 3.39. The third-order valence-corrected chi connectivity index (χ3v) is 5.18. The SMILES string of the molecule is CC1=CC(C)=C(c2ccccc2C(C)Nc2c(C)cc(C)cc2C)C1. The number of hydrogen-bond acceptors (Lipinski definition) is 1. The van der Waals surface area contributed by atoms with Crippen molar-refractivity contribution in [1.82, 2.24) is 0 Å². The molecule has 1 heteroatoms. The topological polar surface area (TPSA) is 12.0 Å². The summed E-state index contributed by atoms with van der Waals surface area (Å²) in [4.78, 5) is 0. The van der Waals surface area contributed by atoms with Gasteiger partial charge >= 0.3 is 0 Å². The summed E-state index contributed by atoms with van der Waals surface area (Å²) in [5.41, 5.74) is 12.3. The molecule has 1 unspecified atom stereocenters. The molecule has 1 aliphatic rings. The molecule has 0 saturated heterocycles. The number of aryl methyl sites for hydroxylation is 3. The maximum atomic E-state index is 3.77. The first-order chi connectivity index (χ1) is 11.9. The van der Waals surface area contributed by atoms with Crippen molar-refractivity contribution in [3.05, 3.63) is 81.4 Å². The molecule has 0 bridgehead atoms. The minimum Gasteiger partial charge on any atom is -0.378 e. The van der Waals surface area contributed by atoms with Crippen molar-refractivity contribution >= 4 is 11.3 Å². The molecule has 0 aliphatic heterocycles. The first kappa shape index (κ1) is 17.5. The van der Waals surface area contributed by atoms with Crippen LogP contribution >= 0.6 is 0 Å². The molecule has 2 aromatic rings. The second-order valence-electron chi connectivity index (χ2n) is 7.56. The molecule has 1 nitrogen and oxygen atoms in total. The summed E-state index contributed by atoms with van der Waals surface area (Å²) in [5, 5.41) is 3.77. The Kier molecular flexibility index (Phi) is 4.85. The Hall–Kier alpha value is -2.28. The molecule has 0 fully saturated rings. The summed E-state index contributed by atoms with van der Waals surface area (Å²) >= 11 is 0. The molecule has 1 aliphatic carbocycles. The summed E-state index contributed by atoms with van der Waals surface area (Å²) in [6, 6.07) is 13.6. The van der Waals surface area contributed by atoms with E-state index in [4.69, 9.17) is 0 Å². The van der Waals surface area contributed by atoms with Crippen molar-refractivity contribution in [2.75, 3.05) is 5.32 Å². The Labute approximate surface area is 152 Å². The van der Waals surface area contributed by atoms with Crippen molar-refractivity contribution in [1.29, 1.82) is 0 Å². The van der Waals surface area contributed by atoms with Gasteiger partial charge in [0.1, 0.15) is 0 Å². The first-order valence-corrected chi connectivity index (χ1v) is 9.17. The van der Waals surface area contributed by atoms with Crippen molar-refractivity contribution in [2.24, 2.45) is 0 Å². The number of nitrogens with one attached hydrogen (secondary N) is 1. The molecule has 2 aromatic carbocycles. The fraction of sp³-hybridized carbons (Fsp3) is 0.333. The zero-order valence-corrected chi connectivity index (χ0v) is 16.3. The number of benzene rings is 2. The molecular formula is C24H29N. The van der Waals surface area contributed by atoms with Crippen LogP contribution in [0.1, 0.15) is 61.1 Å². The third kappa shape index (κ3) is 3.56. The molecule has 3 rings (SSSR count). The van der Waals surface area contributed by atoms with Gasteiger partial charge in [0, 0.05) is 11.7 Å². The van der Waals surface area contributed by atoms with E-state index in [9.17, 15) is 0 Å². The van der Waals surface area contributed by atoms with Crippen molar-refractivity contribution in [3.63, 3.8) is 0 Å². The fourth-order valence-electron chi connectivity index (χ4n) is 4.09. The highest BCUT2D eigenvalue weighted by Crippen LogP contribution is 2.37. The Morgan fingerprint density at radius 3 is 2.16 bits per heavy atom. The van der Waals surface area contributed by atoms with Gasteiger partial charge < -0.3 is 5.32 Å². The number of rotatable bonds is 4. The average Bonchev–Trinajstić information content (AvgIpc) is 2.89. The second-order valence-corrected chi connectivity index (χ2v) is 7.56. The lowest BCUT2D eigenvalue weighted by Gasteiger charge is -2.23. The quantitative estimate of drug-likeness (QED) is 0.642. The largest absolute Gasteiger partial charge is 0.378 e. The van der Waals surface area contributed by atoms with Crippen LogP contribution in [-0.4, -0.2) is 0 Å². The van der Waals surface area contributed by atoms with Gasteiger partial charge in [-0.3, -0.25) is 0 Å². The van der Waals surface area contributed by atoms with Crippen LogP contribution in [-0.2, 0) is 0 Å². The maximum absolute atomic E-state index is 3.77. The van der Waals surface area contributed by atoms with Crippen LogP contribution in [0.3, 0.4) is 0 Å². The molecule has 130 valence electrons. The fourth-order valence-corrected chi connectivity index (χ4v) is 4.09. The van der Waals surface area contributed by atoms with Gasteiger partial charge in [-0.05, 0) is 81.4 Å². The summed E-state index contributed by atoms with van der Waals surface area (Å²) in [6.45, 7) is 13.3. The molecule has 0 aromatic heterocycles. The van der Waals surface area contributed by atoms with E-state index >= 15 is 0 Å². The standard InChI is InChI=1S/C24H29N/c1-15-12-18(4)24(19(5)13-15)25-20(6)21-9-7-8-10-22(21)23-14-16(2)11-17(23)3/h7-13,20,25H,14H2,1-6H3. The molecular weight excluding hydrogens is 302 g/mol. The van der Waals surface area contributed by atoms with Crippen molar-refractivity contribution < 1.29 is 0 Å². The van der Waals surface area contributed by atoms with Gasteiger partial charge in [0.15, 0.2) is 0 Å². The normalized spacial score (nSPS) is 15.4. The van der Waals surface area contributed by atoms with Gasteiger partial charge in [-0.1, -0.05) is 53.6 Å². The average molecular weight is 332 g/mol. The van der Waals surface area contributed by atoms with Gasteiger partial charge in [-0.15, -0.1) is 0 Å². The van der Waals surface area contributed by atoms with E-state index in [0.29, 0.717) is 0 Å². The van der Waals surface area contributed by atoms with Crippen molar-refractivity contribution in [3.8, 4) is 0 Å². The predicted molar refractivity (Wildman–Crippen MR) is 110 cm³/mol. The summed E-state index contributed by atoms with van der Waals surface area (Å²) in [5.74, 6) is 0. The Balaban J connectivity index is 1.95. The molecule has 1 N–H and O–H groups in total. The van der Waals surface area contributed by atoms with E-state index in [-0.39, 0.29) is 6.04 Å². The lowest BCUT2D eigenvalue weighted by atomic mass is 9.92. The van der Waals surface area contributed by atoms with E-state index in [0.717, 1.165) is 6.42 Å². The van der Waals surface area contributed by atoms with Crippen LogP contribution < -0.4 is 5.32 Å². The monoisotopic (exact) mass is 331 g/mol. The van der Waals surface area contributed by atoms with Crippen LogP contribution in [0, 0.1) is 20.8 Å². The summed E-state index contributed by atoms with van der Waals surface area (Å²) < 4.78 is 0. The zero-order valence-electron chi connectivity index (χ0n) is 16.3. The maximum Gasteiger partial charge on any atom is 0.0491 e. The first-order valence-electron chi connectivity index (χ1n) is 9.17. The Bertz CT molecular complexity index is 844. The predicted octanol–water partition coefficient (Wildman–Crippen LogP) is 6.91. The van der Waals surface area contributed by atoms with Crippen molar-refractivity contribution in [2.45, 2.75) is 54.0 Å². The molecule has 25 heavy (non-hydrogen) atoms. The highest BCUT2D eigenvalue weighted by Gasteiger charge is 2.18. The second kappa shape index (κ2) is 6.92. The van der Waals surface area contributed by atoms with Gasteiger partial charge in [0.2, 0.25) is 0 Å². The molecule has 0 amide bonds. The lowest BCUT2D eigenvalue weighted by Crippen LogP contribution is -2.11. The molecule has 0 radical (unpaired) electrons. The Morgan fingerprint density at radius 1 is 0.920 bits per heavy atom. The Morgan fingerprint density at radius 2 is 1.56 bits per heavy atom. The minimum atomic E-state index is 0.262. The molecule has 0 heterocycles. The third-order valence-electron chi connectivity index (χ3n) is 5.18. The van der Waals surface area contributed by atoms with E-state index < -0.39 is 0 Å². The number of allylic oxidation sites excluding steroid dienone is 4.